The highest BCUT2D eigenvalue weighted by atomic mass is 35.5. The second-order valence-electron chi connectivity index (χ2n) is 5.89. The number of anilines is 1. The van der Waals surface area contributed by atoms with Crippen molar-refractivity contribution in [3.63, 3.8) is 0 Å². The van der Waals surface area contributed by atoms with E-state index in [1.165, 1.54) is 12.8 Å². The zero-order valence-corrected chi connectivity index (χ0v) is 13.5. The summed E-state index contributed by atoms with van der Waals surface area (Å²) < 4.78 is 0. The van der Waals surface area contributed by atoms with Crippen LogP contribution in [-0.2, 0) is 0 Å². The van der Waals surface area contributed by atoms with Gasteiger partial charge in [0.05, 0.1) is 4.92 Å². The first kappa shape index (κ1) is 16.0. The third-order valence-corrected chi connectivity index (χ3v) is 4.28. The van der Waals surface area contributed by atoms with Crippen molar-refractivity contribution in [2.24, 2.45) is 0 Å². The molecule has 1 aromatic rings. The van der Waals surface area contributed by atoms with Crippen LogP contribution in [0.5, 0.6) is 0 Å². The first-order valence-corrected chi connectivity index (χ1v) is 7.72. The molecule has 1 aromatic carbocycles. The monoisotopic (exact) mass is 311 g/mol. The van der Waals surface area contributed by atoms with E-state index >= 15 is 0 Å². The van der Waals surface area contributed by atoms with Gasteiger partial charge >= 0.3 is 0 Å². The van der Waals surface area contributed by atoms with Gasteiger partial charge in [0.15, 0.2) is 0 Å². The lowest BCUT2D eigenvalue weighted by Gasteiger charge is -2.33. The lowest BCUT2D eigenvalue weighted by atomic mass is 10.1. The van der Waals surface area contributed by atoms with Gasteiger partial charge in [0.25, 0.3) is 5.69 Å². The van der Waals surface area contributed by atoms with Crippen LogP contribution in [-0.4, -0.2) is 30.1 Å². The Morgan fingerprint density at radius 3 is 2.76 bits per heavy atom. The van der Waals surface area contributed by atoms with Gasteiger partial charge in [-0.1, -0.05) is 11.6 Å². The summed E-state index contributed by atoms with van der Waals surface area (Å²) in [6.45, 7) is 8.12. The summed E-state index contributed by atoms with van der Waals surface area (Å²) in [6, 6.07) is 4.07. The summed E-state index contributed by atoms with van der Waals surface area (Å²) in [5, 5.41) is 14.7. The third kappa shape index (κ3) is 3.66. The summed E-state index contributed by atoms with van der Waals surface area (Å²) >= 11 is 6.08. The SMILES string of the molecule is Cc1cc([N+](=O)[O-])c(Cl)cc1N(CC1CCCN1)C(C)C. The fraction of sp³-hybridized carbons (Fsp3) is 0.600. The molecule has 1 heterocycles. The highest BCUT2D eigenvalue weighted by Gasteiger charge is 2.23. The third-order valence-electron chi connectivity index (χ3n) is 3.97. The fourth-order valence-corrected chi connectivity index (χ4v) is 3.07. The molecule has 1 fully saturated rings. The van der Waals surface area contributed by atoms with E-state index in [2.05, 4.69) is 24.1 Å². The average Bonchev–Trinajstić information content (AvgIpc) is 2.91. The minimum atomic E-state index is -0.433. The van der Waals surface area contributed by atoms with Gasteiger partial charge in [0, 0.05) is 30.4 Å². The number of halogens is 1. The van der Waals surface area contributed by atoms with E-state index < -0.39 is 4.92 Å². The summed E-state index contributed by atoms with van der Waals surface area (Å²) in [7, 11) is 0. The quantitative estimate of drug-likeness (QED) is 0.667. The van der Waals surface area contributed by atoms with Gasteiger partial charge in [-0.05, 0) is 51.8 Å². The second kappa shape index (κ2) is 6.62. The van der Waals surface area contributed by atoms with E-state index in [1.54, 1.807) is 12.1 Å². The summed E-state index contributed by atoms with van der Waals surface area (Å²) in [5.74, 6) is 0. The standard InChI is InChI=1S/C15H22ClN3O2/c1-10(2)18(9-12-5-4-6-17-12)14-8-13(16)15(19(20)21)7-11(14)3/h7-8,10,12,17H,4-6,9H2,1-3H3. The van der Waals surface area contributed by atoms with E-state index in [1.807, 2.05) is 6.92 Å². The average molecular weight is 312 g/mol. The lowest BCUT2D eigenvalue weighted by molar-refractivity contribution is -0.384. The zero-order chi connectivity index (χ0) is 15.6. The van der Waals surface area contributed by atoms with Crippen molar-refractivity contribution in [3.8, 4) is 0 Å². The minimum absolute atomic E-state index is 0.0272. The molecule has 0 aliphatic carbocycles. The van der Waals surface area contributed by atoms with Crippen LogP contribution >= 0.6 is 11.6 Å². The van der Waals surface area contributed by atoms with E-state index in [0.29, 0.717) is 12.1 Å². The molecule has 0 aromatic heterocycles. The Morgan fingerprint density at radius 2 is 2.24 bits per heavy atom. The molecule has 1 unspecified atom stereocenters. The molecule has 0 bridgehead atoms. The largest absolute Gasteiger partial charge is 0.367 e. The van der Waals surface area contributed by atoms with Crippen molar-refractivity contribution < 1.29 is 4.92 Å². The molecule has 1 atom stereocenters. The molecule has 1 N–H and O–H groups in total. The van der Waals surface area contributed by atoms with E-state index in [9.17, 15) is 10.1 Å². The van der Waals surface area contributed by atoms with E-state index in [4.69, 9.17) is 11.6 Å². The molecular weight excluding hydrogens is 290 g/mol. The predicted octanol–water partition coefficient (Wildman–Crippen LogP) is 3.52. The first-order chi connectivity index (χ1) is 9.90. The van der Waals surface area contributed by atoms with Crippen LogP contribution in [0.3, 0.4) is 0 Å². The van der Waals surface area contributed by atoms with Crippen LogP contribution in [0.15, 0.2) is 12.1 Å². The maximum Gasteiger partial charge on any atom is 0.288 e. The maximum atomic E-state index is 11.0. The molecule has 0 spiro atoms. The highest BCUT2D eigenvalue weighted by molar-refractivity contribution is 6.33. The molecule has 1 saturated heterocycles. The lowest BCUT2D eigenvalue weighted by Crippen LogP contribution is -2.41. The van der Waals surface area contributed by atoms with Crippen LogP contribution in [0, 0.1) is 17.0 Å². The van der Waals surface area contributed by atoms with Crippen molar-refractivity contribution in [3.05, 3.63) is 32.8 Å². The Kier molecular flexibility index (Phi) is 5.06. The van der Waals surface area contributed by atoms with E-state index in [-0.39, 0.29) is 10.7 Å². The van der Waals surface area contributed by atoms with Crippen molar-refractivity contribution in [2.75, 3.05) is 18.0 Å². The van der Waals surface area contributed by atoms with Crippen molar-refractivity contribution in [2.45, 2.75) is 45.7 Å². The van der Waals surface area contributed by atoms with Gasteiger partial charge in [-0.25, -0.2) is 0 Å². The maximum absolute atomic E-state index is 11.0. The Labute approximate surface area is 130 Å². The van der Waals surface area contributed by atoms with Gasteiger partial charge in [-0.2, -0.15) is 0 Å². The fourth-order valence-electron chi connectivity index (χ4n) is 2.84. The number of aryl methyl sites for hydroxylation is 1. The molecule has 21 heavy (non-hydrogen) atoms. The van der Waals surface area contributed by atoms with Gasteiger partial charge in [0.2, 0.25) is 0 Å². The summed E-state index contributed by atoms with van der Waals surface area (Å²) in [4.78, 5) is 12.8. The van der Waals surface area contributed by atoms with Gasteiger partial charge in [-0.15, -0.1) is 0 Å². The van der Waals surface area contributed by atoms with Crippen LogP contribution in [0.1, 0.15) is 32.3 Å². The first-order valence-electron chi connectivity index (χ1n) is 7.34. The molecule has 1 aliphatic heterocycles. The number of hydrogen-bond acceptors (Lipinski definition) is 4. The normalized spacial score (nSPS) is 18.2. The summed E-state index contributed by atoms with van der Waals surface area (Å²) in [5.41, 5.74) is 1.84. The van der Waals surface area contributed by atoms with Gasteiger partial charge < -0.3 is 10.2 Å². The Balaban J connectivity index is 2.31. The van der Waals surface area contributed by atoms with Gasteiger partial charge in [-0.3, -0.25) is 10.1 Å². The smallest absolute Gasteiger partial charge is 0.288 e. The van der Waals surface area contributed by atoms with Crippen LogP contribution in [0.25, 0.3) is 0 Å². The molecule has 0 radical (unpaired) electrons. The molecule has 5 nitrogen and oxygen atoms in total. The number of hydrogen-bond donors (Lipinski definition) is 1. The molecule has 0 amide bonds. The van der Waals surface area contributed by atoms with Crippen LogP contribution in [0.4, 0.5) is 11.4 Å². The number of rotatable bonds is 5. The predicted molar refractivity (Wildman–Crippen MR) is 86.4 cm³/mol. The van der Waals surface area contributed by atoms with Gasteiger partial charge in [0.1, 0.15) is 5.02 Å². The molecule has 6 heteroatoms. The highest BCUT2D eigenvalue weighted by Crippen LogP contribution is 2.33. The number of nitro groups is 1. The molecular formula is C15H22ClN3O2. The van der Waals surface area contributed by atoms with Crippen LogP contribution in [0.2, 0.25) is 5.02 Å². The Hall–Kier alpha value is -1.33. The molecule has 2 rings (SSSR count). The Morgan fingerprint density at radius 1 is 1.52 bits per heavy atom. The van der Waals surface area contributed by atoms with Crippen molar-refractivity contribution in [1.29, 1.82) is 0 Å². The number of nitrogens with zero attached hydrogens (tertiary/aromatic N) is 2. The topological polar surface area (TPSA) is 58.4 Å². The summed E-state index contributed by atoms with van der Waals surface area (Å²) in [6.07, 6.45) is 2.37. The van der Waals surface area contributed by atoms with Crippen LogP contribution < -0.4 is 10.2 Å². The number of nitro benzene ring substituents is 1. The molecule has 116 valence electrons. The van der Waals surface area contributed by atoms with Crippen molar-refractivity contribution >= 4 is 23.0 Å². The molecule has 0 saturated carbocycles. The van der Waals surface area contributed by atoms with E-state index in [0.717, 1.165) is 24.3 Å². The molecule has 1 aliphatic rings. The van der Waals surface area contributed by atoms with Crippen molar-refractivity contribution in [1.82, 2.24) is 5.32 Å². The zero-order valence-electron chi connectivity index (χ0n) is 12.7. The second-order valence-corrected chi connectivity index (χ2v) is 6.29. The number of benzene rings is 1. The number of nitrogens with one attached hydrogen (secondary N) is 1. The Bertz CT molecular complexity index is 528. The minimum Gasteiger partial charge on any atom is -0.367 e.